The first kappa shape index (κ1) is 14.4. The molecule has 0 unspecified atom stereocenters. The molecule has 0 aliphatic heterocycles. The number of carboxylic acids is 1. The average molecular weight is 287 g/mol. The second-order valence-corrected chi connectivity index (χ2v) is 4.33. The molecule has 21 heavy (non-hydrogen) atoms. The maximum atomic E-state index is 12.1. The number of phenolic OH excluding ortho intramolecular Hbond substituents is 2. The Hall–Kier alpha value is -3.02. The number of benzene rings is 2. The Kier molecular flexibility index (Phi) is 4.08. The normalized spacial score (nSPS) is 11.6. The van der Waals surface area contributed by atoms with Gasteiger partial charge in [0.1, 0.15) is 17.1 Å². The lowest BCUT2D eigenvalue weighted by atomic mass is 10.1. The number of aliphatic carboxylic acids is 1. The van der Waals surface area contributed by atoms with Crippen LogP contribution in [0, 0.1) is 0 Å². The van der Waals surface area contributed by atoms with Crippen molar-refractivity contribution in [1.29, 1.82) is 0 Å². The van der Waals surface area contributed by atoms with E-state index < -0.39 is 29.4 Å². The van der Waals surface area contributed by atoms with Crippen LogP contribution in [0.3, 0.4) is 0 Å². The van der Waals surface area contributed by atoms with Gasteiger partial charge in [-0.3, -0.25) is 4.79 Å². The monoisotopic (exact) mass is 287 g/mol. The molecule has 0 heterocycles. The summed E-state index contributed by atoms with van der Waals surface area (Å²) in [5.41, 5.74) is 0.0212. The molecule has 6 nitrogen and oxygen atoms in total. The van der Waals surface area contributed by atoms with Gasteiger partial charge in [0.25, 0.3) is 5.91 Å². The third-order valence-corrected chi connectivity index (χ3v) is 2.90. The van der Waals surface area contributed by atoms with Crippen molar-refractivity contribution in [2.24, 2.45) is 0 Å². The van der Waals surface area contributed by atoms with Crippen molar-refractivity contribution >= 4 is 11.9 Å². The molecule has 108 valence electrons. The van der Waals surface area contributed by atoms with Crippen LogP contribution in [0.5, 0.6) is 11.5 Å². The zero-order valence-electron chi connectivity index (χ0n) is 10.9. The first-order valence-electron chi connectivity index (χ1n) is 6.10. The van der Waals surface area contributed by atoms with Crippen LogP contribution >= 0.6 is 0 Å². The number of amides is 1. The molecule has 2 aromatic carbocycles. The van der Waals surface area contributed by atoms with Crippen LogP contribution in [0.1, 0.15) is 22.0 Å². The summed E-state index contributed by atoms with van der Waals surface area (Å²) in [7, 11) is 0. The van der Waals surface area contributed by atoms with Gasteiger partial charge in [0.05, 0.1) is 0 Å². The van der Waals surface area contributed by atoms with Crippen molar-refractivity contribution in [2.45, 2.75) is 6.04 Å². The van der Waals surface area contributed by atoms with Crippen LogP contribution in [0.4, 0.5) is 0 Å². The third kappa shape index (κ3) is 3.11. The molecule has 2 aromatic rings. The first-order valence-corrected chi connectivity index (χ1v) is 6.10. The van der Waals surface area contributed by atoms with E-state index in [1.54, 1.807) is 30.3 Å². The summed E-state index contributed by atoms with van der Waals surface area (Å²) in [6, 6.07) is 10.7. The highest BCUT2D eigenvalue weighted by Crippen LogP contribution is 2.27. The van der Waals surface area contributed by atoms with Crippen LogP contribution < -0.4 is 5.32 Å². The van der Waals surface area contributed by atoms with Crippen molar-refractivity contribution in [3.63, 3.8) is 0 Å². The van der Waals surface area contributed by atoms with Crippen molar-refractivity contribution < 1.29 is 24.9 Å². The number of carbonyl (C=O) groups excluding carboxylic acids is 1. The molecule has 2 rings (SSSR count). The zero-order valence-corrected chi connectivity index (χ0v) is 10.9. The van der Waals surface area contributed by atoms with Gasteiger partial charge in [-0.2, -0.15) is 0 Å². The van der Waals surface area contributed by atoms with E-state index >= 15 is 0 Å². The van der Waals surface area contributed by atoms with E-state index in [2.05, 4.69) is 5.32 Å². The molecule has 0 aliphatic rings. The van der Waals surface area contributed by atoms with Crippen LogP contribution in [-0.2, 0) is 4.79 Å². The molecule has 0 radical (unpaired) electrons. The molecule has 1 atom stereocenters. The minimum Gasteiger partial charge on any atom is -0.507 e. The Labute approximate surface area is 120 Å². The average Bonchev–Trinajstić information content (AvgIpc) is 2.45. The highest BCUT2D eigenvalue weighted by molar-refractivity contribution is 6.01. The first-order chi connectivity index (χ1) is 10.0. The fraction of sp³-hybridized carbons (Fsp3) is 0.0667. The molecule has 0 spiro atoms. The van der Waals surface area contributed by atoms with Crippen LogP contribution in [0.25, 0.3) is 0 Å². The van der Waals surface area contributed by atoms with Gasteiger partial charge in [0.15, 0.2) is 6.04 Å². The third-order valence-electron chi connectivity index (χ3n) is 2.90. The summed E-state index contributed by atoms with van der Waals surface area (Å²) in [6.45, 7) is 0. The minimum absolute atomic E-state index is 0.361. The van der Waals surface area contributed by atoms with Gasteiger partial charge in [0, 0.05) is 0 Å². The van der Waals surface area contributed by atoms with E-state index in [-0.39, 0.29) is 5.56 Å². The Morgan fingerprint density at radius 2 is 1.48 bits per heavy atom. The Morgan fingerprint density at radius 1 is 0.905 bits per heavy atom. The number of carbonyl (C=O) groups is 2. The number of hydrogen-bond acceptors (Lipinski definition) is 4. The summed E-state index contributed by atoms with van der Waals surface area (Å²) in [4.78, 5) is 23.4. The number of rotatable bonds is 4. The lowest BCUT2D eigenvalue weighted by molar-refractivity contribution is -0.139. The highest BCUT2D eigenvalue weighted by Gasteiger charge is 2.25. The van der Waals surface area contributed by atoms with Crippen molar-refractivity contribution in [2.75, 3.05) is 0 Å². The van der Waals surface area contributed by atoms with Gasteiger partial charge in [-0.25, -0.2) is 4.79 Å². The predicted molar refractivity (Wildman–Crippen MR) is 74.1 cm³/mol. The van der Waals surface area contributed by atoms with E-state index in [4.69, 9.17) is 0 Å². The lowest BCUT2D eigenvalue weighted by Crippen LogP contribution is -2.33. The molecule has 0 saturated carbocycles. The zero-order chi connectivity index (χ0) is 15.4. The fourth-order valence-electron chi connectivity index (χ4n) is 1.90. The topological polar surface area (TPSA) is 107 Å². The number of aromatic hydroxyl groups is 2. The Bertz CT molecular complexity index is 649. The molecular weight excluding hydrogens is 274 g/mol. The molecule has 0 aromatic heterocycles. The van der Waals surface area contributed by atoms with E-state index in [1.165, 1.54) is 18.2 Å². The standard InChI is InChI=1S/C15H13NO5/c17-10-7-4-8-11(18)12(10)14(19)16-13(15(20)21)9-5-2-1-3-6-9/h1-8,13,17-18H,(H,16,19)(H,20,21)/t13-/m0/s1. The number of hydrogen-bond donors (Lipinski definition) is 4. The fourth-order valence-corrected chi connectivity index (χ4v) is 1.90. The maximum Gasteiger partial charge on any atom is 0.330 e. The van der Waals surface area contributed by atoms with Crippen LogP contribution in [0.2, 0.25) is 0 Å². The SMILES string of the molecule is O=C(N[C@H](C(=O)O)c1ccccc1)c1c(O)cccc1O. The Morgan fingerprint density at radius 3 is 2.00 bits per heavy atom. The van der Waals surface area contributed by atoms with E-state index in [9.17, 15) is 24.9 Å². The quantitative estimate of drug-likeness (QED) is 0.684. The molecule has 0 fully saturated rings. The smallest absolute Gasteiger partial charge is 0.330 e. The molecular formula is C15H13NO5. The van der Waals surface area contributed by atoms with Gasteiger partial charge in [-0.15, -0.1) is 0 Å². The van der Waals surface area contributed by atoms with E-state index in [0.717, 1.165) is 0 Å². The van der Waals surface area contributed by atoms with Crippen LogP contribution in [0.15, 0.2) is 48.5 Å². The largest absolute Gasteiger partial charge is 0.507 e. The number of phenols is 2. The van der Waals surface area contributed by atoms with Crippen LogP contribution in [-0.4, -0.2) is 27.2 Å². The van der Waals surface area contributed by atoms with Gasteiger partial charge in [-0.05, 0) is 17.7 Å². The predicted octanol–water partition coefficient (Wildman–Crippen LogP) is 1.65. The van der Waals surface area contributed by atoms with Gasteiger partial charge in [-0.1, -0.05) is 36.4 Å². The maximum absolute atomic E-state index is 12.1. The highest BCUT2D eigenvalue weighted by atomic mass is 16.4. The summed E-state index contributed by atoms with van der Waals surface area (Å²) >= 11 is 0. The van der Waals surface area contributed by atoms with Gasteiger partial charge < -0.3 is 20.6 Å². The van der Waals surface area contributed by atoms with Crippen molar-refractivity contribution in [1.82, 2.24) is 5.32 Å². The molecule has 0 saturated heterocycles. The number of nitrogens with one attached hydrogen (secondary N) is 1. The summed E-state index contributed by atoms with van der Waals surface area (Å²) in [5, 5.41) is 30.7. The van der Waals surface area contributed by atoms with E-state index in [0.29, 0.717) is 5.56 Å². The summed E-state index contributed by atoms with van der Waals surface area (Å²) < 4.78 is 0. The van der Waals surface area contributed by atoms with Crippen molar-refractivity contribution in [3.8, 4) is 11.5 Å². The molecule has 0 bridgehead atoms. The summed E-state index contributed by atoms with van der Waals surface area (Å²) in [6.07, 6.45) is 0. The number of carboxylic acid groups (broad SMARTS) is 1. The van der Waals surface area contributed by atoms with E-state index in [1.807, 2.05) is 0 Å². The van der Waals surface area contributed by atoms with Gasteiger partial charge in [0.2, 0.25) is 0 Å². The molecule has 1 amide bonds. The minimum atomic E-state index is -1.28. The van der Waals surface area contributed by atoms with Crippen molar-refractivity contribution in [3.05, 3.63) is 59.7 Å². The second kappa shape index (κ2) is 5.96. The summed E-state index contributed by atoms with van der Waals surface area (Å²) in [5.74, 6) is -2.97. The lowest BCUT2D eigenvalue weighted by Gasteiger charge is -2.15. The second-order valence-electron chi connectivity index (χ2n) is 4.33. The Balaban J connectivity index is 2.30. The molecule has 0 aliphatic carbocycles. The van der Waals surface area contributed by atoms with Gasteiger partial charge >= 0.3 is 5.97 Å². The molecule has 4 N–H and O–H groups in total. The molecule has 6 heteroatoms.